The molecule has 1 heterocycles. The highest BCUT2D eigenvalue weighted by molar-refractivity contribution is 9.13. The lowest BCUT2D eigenvalue weighted by atomic mass is 10.3. The maximum Gasteiger partial charge on any atom is 0.348 e. The lowest BCUT2D eigenvalue weighted by Crippen LogP contribution is -2.20. The van der Waals surface area contributed by atoms with Gasteiger partial charge in [0.1, 0.15) is 4.88 Å². The van der Waals surface area contributed by atoms with Gasteiger partial charge in [0.05, 0.1) is 3.79 Å². The average Bonchev–Trinajstić information content (AvgIpc) is 2.84. The predicted molar refractivity (Wildman–Crippen MR) is 96.9 cm³/mol. The average molecular weight is 465 g/mol. The Morgan fingerprint density at radius 2 is 2.09 bits per heavy atom. The highest BCUT2D eigenvalue weighted by Gasteiger charge is 2.15. The van der Waals surface area contributed by atoms with Gasteiger partial charge in [0.25, 0.3) is 5.91 Å². The second-order valence-corrected chi connectivity index (χ2v) is 8.19. The number of hydrogen-bond donors (Lipinski definition) is 1. The van der Waals surface area contributed by atoms with Crippen LogP contribution >= 0.6 is 55.0 Å². The molecule has 1 aromatic heterocycles. The Morgan fingerprint density at radius 1 is 1.32 bits per heavy atom. The van der Waals surface area contributed by atoms with E-state index in [0.717, 1.165) is 13.2 Å². The Bertz CT molecular complexity index is 684. The summed E-state index contributed by atoms with van der Waals surface area (Å²) in [7, 11) is 0. The monoisotopic (exact) mass is 463 g/mol. The molecule has 1 amide bonds. The molecule has 22 heavy (non-hydrogen) atoms. The van der Waals surface area contributed by atoms with E-state index in [1.807, 2.05) is 24.5 Å². The van der Waals surface area contributed by atoms with E-state index in [1.165, 1.54) is 11.3 Å². The van der Waals surface area contributed by atoms with Crippen molar-refractivity contribution in [2.24, 2.45) is 0 Å². The topological polar surface area (TPSA) is 55.4 Å². The van der Waals surface area contributed by atoms with Gasteiger partial charge >= 0.3 is 5.97 Å². The van der Waals surface area contributed by atoms with Crippen molar-refractivity contribution < 1.29 is 14.3 Å². The van der Waals surface area contributed by atoms with Crippen molar-refractivity contribution in [3.8, 4) is 0 Å². The molecule has 0 spiro atoms. The first-order valence-corrected chi connectivity index (χ1v) is 9.68. The number of amides is 1. The zero-order valence-electron chi connectivity index (χ0n) is 11.4. The fourth-order valence-corrected chi connectivity index (χ4v) is 3.94. The molecule has 0 bridgehead atoms. The first-order chi connectivity index (χ1) is 10.5. The molecule has 0 aliphatic carbocycles. The summed E-state index contributed by atoms with van der Waals surface area (Å²) in [6.07, 6.45) is 1.96. The Labute approximate surface area is 152 Å². The van der Waals surface area contributed by atoms with Gasteiger partial charge in [-0.15, -0.1) is 23.1 Å². The number of halogens is 2. The van der Waals surface area contributed by atoms with E-state index in [0.29, 0.717) is 10.6 Å². The molecule has 0 saturated heterocycles. The summed E-state index contributed by atoms with van der Waals surface area (Å²) < 4.78 is 6.58. The van der Waals surface area contributed by atoms with Crippen LogP contribution in [0.15, 0.2) is 43.5 Å². The number of thiophene rings is 1. The van der Waals surface area contributed by atoms with Gasteiger partial charge in [-0.2, -0.15) is 0 Å². The first kappa shape index (κ1) is 17.5. The van der Waals surface area contributed by atoms with E-state index in [9.17, 15) is 9.59 Å². The molecule has 0 aliphatic heterocycles. The molecular formula is C14H11Br2NO3S2. The van der Waals surface area contributed by atoms with Gasteiger partial charge in [0.2, 0.25) is 0 Å². The van der Waals surface area contributed by atoms with Crippen LogP contribution in [0.3, 0.4) is 0 Å². The smallest absolute Gasteiger partial charge is 0.348 e. The summed E-state index contributed by atoms with van der Waals surface area (Å²) in [6.45, 7) is -0.324. The maximum absolute atomic E-state index is 11.8. The minimum absolute atomic E-state index is 0.324. The molecule has 1 N–H and O–H groups in total. The van der Waals surface area contributed by atoms with Gasteiger partial charge in [-0.1, -0.05) is 6.07 Å². The van der Waals surface area contributed by atoms with E-state index >= 15 is 0 Å². The summed E-state index contributed by atoms with van der Waals surface area (Å²) in [5, 5.41) is 2.70. The van der Waals surface area contributed by atoms with Gasteiger partial charge in [-0.25, -0.2) is 4.79 Å². The van der Waals surface area contributed by atoms with Crippen LogP contribution in [-0.4, -0.2) is 24.7 Å². The molecular weight excluding hydrogens is 454 g/mol. The van der Waals surface area contributed by atoms with Crippen molar-refractivity contribution >= 4 is 72.5 Å². The highest BCUT2D eigenvalue weighted by Crippen LogP contribution is 2.32. The number of carbonyl (C=O) groups is 2. The van der Waals surface area contributed by atoms with Gasteiger partial charge in [0, 0.05) is 15.1 Å². The Balaban J connectivity index is 1.88. The van der Waals surface area contributed by atoms with Crippen molar-refractivity contribution in [3.05, 3.63) is 43.5 Å². The quantitative estimate of drug-likeness (QED) is 0.510. The van der Waals surface area contributed by atoms with Gasteiger partial charge < -0.3 is 10.1 Å². The number of nitrogens with one attached hydrogen (secondary N) is 1. The van der Waals surface area contributed by atoms with Crippen LogP contribution in [-0.2, 0) is 9.53 Å². The third-order valence-electron chi connectivity index (χ3n) is 2.53. The van der Waals surface area contributed by atoms with Crippen LogP contribution < -0.4 is 5.32 Å². The summed E-state index contributed by atoms with van der Waals surface area (Å²) in [5.41, 5.74) is 0.675. The standard InChI is InChI=1S/C14H11Br2NO3S2/c1-21-9-4-2-3-8(5-9)17-12(18)7-20-14(19)11-6-10(15)13(16)22-11/h2-6H,7H2,1H3,(H,17,18). The minimum atomic E-state index is -0.524. The Morgan fingerprint density at radius 3 is 2.73 bits per heavy atom. The molecule has 0 atom stereocenters. The molecule has 4 nitrogen and oxygen atoms in total. The molecule has 0 radical (unpaired) electrons. The second-order valence-electron chi connectivity index (χ2n) is 4.09. The molecule has 2 rings (SSSR count). The van der Waals surface area contributed by atoms with Crippen molar-refractivity contribution in [3.63, 3.8) is 0 Å². The largest absolute Gasteiger partial charge is 0.451 e. The van der Waals surface area contributed by atoms with E-state index in [1.54, 1.807) is 23.9 Å². The van der Waals surface area contributed by atoms with Crippen LogP contribution in [0.5, 0.6) is 0 Å². The summed E-state index contributed by atoms with van der Waals surface area (Å²) in [4.78, 5) is 25.1. The SMILES string of the molecule is CSc1cccc(NC(=O)COC(=O)c2cc(Br)c(Br)s2)c1. The number of carbonyl (C=O) groups excluding carboxylic acids is 2. The fraction of sp³-hybridized carbons (Fsp3) is 0.143. The van der Waals surface area contributed by atoms with Crippen molar-refractivity contribution in [2.75, 3.05) is 18.2 Å². The third-order valence-corrected chi connectivity index (χ3v) is 6.50. The summed E-state index contributed by atoms with van der Waals surface area (Å²) in [6, 6.07) is 9.10. The predicted octanol–water partition coefficient (Wildman–Crippen LogP) is 4.79. The van der Waals surface area contributed by atoms with Gasteiger partial charge in [-0.3, -0.25) is 4.79 Å². The van der Waals surface area contributed by atoms with E-state index in [4.69, 9.17) is 4.74 Å². The molecule has 0 aliphatic rings. The second kappa shape index (κ2) is 8.14. The first-order valence-electron chi connectivity index (χ1n) is 6.05. The fourth-order valence-electron chi connectivity index (χ4n) is 1.55. The van der Waals surface area contributed by atoms with Crippen molar-refractivity contribution in [1.29, 1.82) is 0 Å². The minimum Gasteiger partial charge on any atom is -0.451 e. The van der Waals surface area contributed by atoms with E-state index < -0.39 is 5.97 Å². The number of ether oxygens (including phenoxy) is 1. The van der Waals surface area contributed by atoms with Gasteiger partial charge in [-0.05, 0) is 62.4 Å². The highest BCUT2D eigenvalue weighted by atomic mass is 79.9. The summed E-state index contributed by atoms with van der Waals surface area (Å²) in [5.74, 6) is -0.897. The maximum atomic E-state index is 11.8. The lowest BCUT2D eigenvalue weighted by molar-refractivity contribution is -0.119. The van der Waals surface area contributed by atoms with Crippen LogP contribution in [0, 0.1) is 0 Å². The lowest BCUT2D eigenvalue weighted by Gasteiger charge is -2.07. The Hall–Kier alpha value is -0.830. The zero-order valence-corrected chi connectivity index (χ0v) is 16.2. The van der Waals surface area contributed by atoms with Crippen LogP contribution in [0.2, 0.25) is 0 Å². The van der Waals surface area contributed by atoms with Crippen molar-refractivity contribution in [1.82, 2.24) is 0 Å². The summed E-state index contributed by atoms with van der Waals surface area (Å²) >= 11 is 9.43. The number of benzene rings is 1. The molecule has 0 unspecified atom stereocenters. The van der Waals surface area contributed by atoms with Crippen molar-refractivity contribution in [2.45, 2.75) is 4.90 Å². The Kier molecular flexibility index (Phi) is 6.49. The third kappa shape index (κ3) is 4.84. The van der Waals surface area contributed by atoms with E-state index in [-0.39, 0.29) is 12.5 Å². The molecule has 8 heteroatoms. The molecule has 116 valence electrons. The van der Waals surface area contributed by atoms with Crippen LogP contribution in [0.1, 0.15) is 9.67 Å². The van der Waals surface area contributed by atoms with Crippen LogP contribution in [0.4, 0.5) is 5.69 Å². The van der Waals surface area contributed by atoms with Gasteiger partial charge in [0.15, 0.2) is 6.61 Å². The normalized spacial score (nSPS) is 10.3. The zero-order chi connectivity index (χ0) is 16.1. The molecule has 0 fully saturated rings. The number of esters is 1. The molecule has 0 saturated carbocycles. The van der Waals surface area contributed by atoms with E-state index in [2.05, 4.69) is 37.2 Å². The number of anilines is 1. The molecule has 2 aromatic rings. The van der Waals surface area contributed by atoms with Crippen LogP contribution in [0.25, 0.3) is 0 Å². The molecule has 1 aromatic carbocycles. The number of rotatable bonds is 5. The number of hydrogen-bond acceptors (Lipinski definition) is 5. The number of thioether (sulfide) groups is 1.